The van der Waals surface area contributed by atoms with E-state index >= 15 is 0 Å². The van der Waals surface area contributed by atoms with E-state index in [1.54, 1.807) is 7.11 Å². The number of hydrogen-bond donors (Lipinski definition) is 0. The molecule has 1 heterocycles. The van der Waals surface area contributed by atoms with E-state index in [1.165, 1.54) is 5.56 Å². The first-order valence-electron chi connectivity index (χ1n) is 11.8. The van der Waals surface area contributed by atoms with Gasteiger partial charge in [0.25, 0.3) is 0 Å². The smallest absolute Gasteiger partial charge is 0.164 e. The van der Waals surface area contributed by atoms with Crippen LogP contribution in [0.15, 0.2) is 54.6 Å². The van der Waals surface area contributed by atoms with Crippen molar-refractivity contribution < 1.29 is 14.3 Å². The number of rotatable bonds is 12. The van der Waals surface area contributed by atoms with Crippen LogP contribution in [0.2, 0.25) is 0 Å². The minimum Gasteiger partial charge on any atom is -0.497 e. The molecular weight excluding hydrogens is 400 g/mol. The molecule has 2 aromatic carbocycles. The van der Waals surface area contributed by atoms with Gasteiger partial charge in [-0.1, -0.05) is 44.2 Å². The number of carbonyl (C=O) groups excluding carboxylic acids is 1. The maximum absolute atomic E-state index is 12.5. The van der Waals surface area contributed by atoms with Crippen LogP contribution in [0.4, 0.5) is 0 Å². The van der Waals surface area contributed by atoms with Gasteiger partial charge in [0.05, 0.1) is 13.2 Å². The lowest BCUT2D eigenvalue weighted by atomic mass is 10.1. The van der Waals surface area contributed by atoms with Crippen molar-refractivity contribution in [3.63, 3.8) is 0 Å². The molecule has 1 saturated heterocycles. The van der Waals surface area contributed by atoms with E-state index in [1.807, 2.05) is 24.3 Å². The van der Waals surface area contributed by atoms with Crippen LogP contribution in [-0.2, 0) is 4.74 Å². The number of carbonyl (C=O) groups is 1. The average Bonchev–Trinajstić information content (AvgIpc) is 2.83. The van der Waals surface area contributed by atoms with Crippen molar-refractivity contribution in [2.45, 2.75) is 32.8 Å². The summed E-state index contributed by atoms with van der Waals surface area (Å²) >= 11 is 0. The number of hydrogen-bond acceptors (Lipinski definition) is 5. The van der Waals surface area contributed by atoms with Crippen LogP contribution in [0.5, 0.6) is 5.75 Å². The molecule has 0 saturated carbocycles. The largest absolute Gasteiger partial charge is 0.497 e. The third kappa shape index (κ3) is 7.73. The second-order valence-electron chi connectivity index (χ2n) is 9.00. The number of ketones is 1. The van der Waals surface area contributed by atoms with Crippen LogP contribution in [0, 0.1) is 5.92 Å². The fraction of sp³-hybridized carbons (Fsp3) is 0.519. The highest BCUT2D eigenvalue weighted by Crippen LogP contribution is 2.21. The number of Topliss-reactive ketones (excluding diaryl/α,β-unsaturated/α-hetero) is 1. The van der Waals surface area contributed by atoms with E-state index in [-0.39, 0.29) is 11.9 Å². The molecule has 0 bridgehead atoms. The summed E-state index contributed by atoms with van der Waals surface area (Å²) in [4.78, 5) is 17.4. The Labute approximate surface area is 193 Å². The SMILES string of the molecule is COc1ccc(C(=O)CCN2CCN(CC(OCCC(C)C)c3ccccc3)CC2)cc1. The highest BCUT2D eigenvalue weighted by atomic mass is 16.5. The zero-order valence-corrected chi connectivity index (χ0v) is 19.8. The van der Waals surface area contributed by atoms with Crippen molar-refractivity contribution in [1.29, 1.82) is 0 Å². The highest BCUT2D eigenvalue weighted by molar-refractivity contribution is 5.96. The van der Waals surface area contributed by atoms with Crippen molar-refractivity contribution >= 4 is 5.78 Å². The van der Waals surface area contributed by atoms with E-state index < -0.39 is 0 Å². The zero-order valence-electron chi connectivity index (χ0n) is 19.8. The van der Waals surface area contributed by atoms with Crippen LogP contribution >= 0.6 is 0 Å². The Morgan fingerprint density at radius 3 is 2.22 bits per heavy atom. The van der Waals surface area contributed by atoms with Gasteiger partial charge in [-0.25, -0.2) is 0 Å². The van der Waals surface area contributed by atoms with E-state index in [4.69, 9.17) is 9.47 Å². The molecule has 2 aromatic rings. The Bertz CT molecular complexity index is 799. The molecule has 1 fully saturated rings. The third-order valence-electron chi connectivity index (χ3n) is 6.14. The first kappa shape index (κ1) is 24.4. The Morgan fingerprint density at radius 2 is 1.59 bits per heavy atom. The summed E-state index contributed by atoms with van der Waals surface area (Å²) in [5, 5.41) is 0. The maximum Gasteiger partial charge on any atom is 0.164 e. The van der Waals surface area contributed by atoms with Crippen molar-refractivity contribution in [3.8, 4) is 5.75 Å². The molecule has 5 heteroatoms. The monoisotopic (exact) mass is 438 g/mol. The molecule has 0 radical (unpaired) electrons. The summed E-state index contributed by atoms with van der Waals surface area (Å²) in [5.41, 5.74) is 2.01. The molecule has 1 aliphatic rings. The van der Waals surface area contributed by atoms with Gasteiger partial charge in [-0.15, -0.1) is 0 Å². The Balaban J connectivity index is 1.44. The molecule has 1 unspecified atom stereocenters. The van der Waals surface area contributed by atoms with Gasteiger partial charge in [0.2, 0.25) is 0 Å². The van der Waals surface area contributed by atoms with Crippen LogP contribution in [0.25, 0.3) is 0 Å². The first-order chi connectivity index (χ1) is 15.5. The van der Waals surface area contributed by atoms with Gasteiger partial charge in [0, 0.05) is 57.9 Å². The second kappa shape index (κ2) is 12.7. The summed E-state index contributed by atoms with van der Waals surface area (Å²) in [6.07, 6.45) is 1.74. The Hall–Kier alpha value is -2.21. The molecule has 0 aromatic heterocycles. The molecule has 0 spiro atoms. The molecule has 0 N–H and O–H groups in total. The molecule has 1 aliphatic heterocycles. The van der Waals surface area contributed by atoms with Gasteiger partial charge in [0.1, 0.15) is 5.75 Å². The third-order valence-corrected chi connectivity index (χ3v) is 6.14. The Morgan fingerprint density at radius 1 is 0.938 bits per heavy atom. The molecular formula is C27H38N2O3. The molecule has 3 rings (SSSR count). The van der Waals surface area contributed by atoms with Crippen molar-refractivity contribution in [1.82, 2.24) is 9.80 Å². The summed E-state index contributed by atoms with van der Waals surface area (Å²) in [7, 11) is 1.64. The molecule has 0 aliphatic carbocycles. The lowest BCUT2D eigenvalue weighted by Gasteiger charge is -2.36. The van der Waals surface area contributed by atoms with Gasteiger partial charge >= 0.3 is 0 Å². The lowest BCUT2D eigenvalue weighted by molar-refractivity contribution is 0.00799. The van der Waals surface area contributed by atoms with Crippen molar-refractivity contribution in [3.05, 3.63) is 65.7 Å². The summed E-state index contributed by atoms with van der Waals surface area (Å²) in [6, 6.07) is 18.0. The minimum atomic E-state index is 0.109. The van der Waals surface area contributed by atoms with Crippen LogP contribution < -0.4 is 4.74 Å². The average molecular weight is 439 g/mol. The number of ether oxygens (including phenoxy) is 2. The van der Waals surface area contributed by atoms with Gasteiger partial charge < -0.3 is 14.4 Å². The second-order valence-corrected chi connectivity index (χ2v) is 9.00. The zero-order chi connectivity index (χ0) is 22.8. The number of nitrogens with zero attached hydrogens (tertiary/aromatic N) is 2. The molecule has 32 heavy (non-hydrogen) atoms. The quantitative estimate of drug-likeness (QED) is 0.450. The predicted molar refractivity (Wildman–Crippen MR) is 129 cm³/mol. The standard InChI is InChI=1S/C27H38N2O3/c1-22(2)14-20-32-27(24-7-5-4-6-8-24)21-29-18-16-28(17-19-29)15-13-26(30)23-9-11-25(31-3)12-10-23/h4-12,22,27H,13-21H2,1-3H3. The number of benzene rings is 2. The van der Waals surface area contributed by atoms with Gasteiger partial charge in [-0.3, -0.25) is 9.69 Å². The van der Waals surface area contributed by atoms with Gasteiger partial charge in [-0.2, -0.15) is 0 Å². The molecule has 174 valence electrons. The lowest BCUT2D eigenvalue weighted by Crippen LogP contribution is -2.48. The summed E-state index contributed by atoms with van der Waals surface area (Å²) < 4.78 is 11.5. The number of methoxy groups -OCH3 is 1. The predicted octanol–water partition coefficient (Wildman–Crippen LogP) is 4.69. The molecule has 0 amide bonds. The van der Waals surface area contributed by atoms with Crippen LogP contribution in [0.3, 0.4) is 0 Å². The summed E-state index contributed by atoms with van der Waals surface area (Å²) in [5.74, 6) is 1.62. The fourth-order valence-corrected chi connectivity index (χ4v) is 3.98. The van der Waals surface area contributed by atoms with Crippen molar-refractivity contribution in [2.24, 2.45) is 5.92 Å². The molecule has 5 nitrogen and oxygen atoms in total. The van der Waals surface area contributed by atoms with E-state index in [0.29, 0.717) is 12.3 Å². The maximum atomic E-state index is 12.5. The topological polar surface area (TPSA) is 42.0 Å². The van der Waals surface area contributed by atoms with Crippen LogP contribution in [0.1, 0.15) is 48.7 Å². The minimum absolute atomic E-state index is 0.109. The summed E-state index contributed by atoms with van der Waals surface area (Å²) in [6.45, 7) is 11.0. The van der Waals surface area contributed by atoms with E-state index in [9.17, 15) is 4.79 Å². The van der Waals surface area contributed by atoms with Crippen LogP contribution in [-0.4, -0.2) is 68.6 Å². The molecule has 1 atom stereocenters. The van der Waals surface area contributed by atoms with Gasteiger partial charge in [0.15, 0.2) is 5.78 Å². The normalized spacial score (nSPS) is 16.2. The Kier molecular flexibility index (Phi) is 9.72. The van der Waals surface area contributed by atoms with E-state index in [2.05, 4.69) is 54.0 Å². The fourth-order valence-electron chi connectivity index (χ4n) is 3.98. The van der Waals surface area contributed by atoms with Gasteiger partial charge in [-0.05, 0) is 42.2 Å². The van der Waals surface area contributed by atoms with E-state index in [0.717, 1.165) is 63.6 Å². The van der Waals surface area contributed by atoms with Crippen molar-refractivity contribution in [2.75, 3.05) is 53.0 Å². The highest BCUT2D eigenvalue weighted by Gasteiger charge is 2.22. The first-order valence-corrected chi connectivity index (χ1v) is 11.8. The number of piperazine rings is 1.